The first-order chi connectivity index (χ1) is 12.7. The van der Waals surface area contributed by atoms with Crippen LogP contribution in [0, 0.1) is 11.8 Å². The van der Waals surface area contributed by atoms with E-state index in [1.807, 2.05) is 0 Å². The molecule has 4 nitrogen and oxygen atoms in total. The SMILES string of the molecule is CCNC(=NCC1CCN(CCc2ccccc2)C1)N1CCCC(C)C1. The van der Waals surface area contributed by atoms with E-state index in [1.54, 1.807) is 0 Å². The summed E-state index contributed by atoms with van der Waals surface area (Å²) in [5, 5.41) is 3.52. The van der Waals surface area contributed by atoms with Gasteiger partial charge < -0.3 is 15.1 Å². The minimum Gasteiger partial charge on any atom is -0.357 e. The van der Waals surface area contributed by atoms with Crippen molar-refractivity contribution in [3.63, 3.8) is 0 Å². The van der Waals surface area contributed by atoms with Gasteiger partial charge >= 0.3 is 0 Å². The smallest absolute Gasteiger partial charge is 0.193 e. The highest BCUT2D eigenvalue weighted by Crippen LogP contribution is 2.19. The molecule has 4 heteroatoms. The van der Waals surface area contributed by atoms with Crippen LogP contribution in [0.5, 0.6) is 0 Å². The summed E-state index contributed by atoms with van der Waals surface area (Å²) in [5.41, 5.74) is 1.45. The Hall–Kier alpha value is -1.55. The van der Waals surface area contributed by atoms with Gasteiger partial charge in [0.2, 0.25) is 0 Å². The van der Waals surface area contributed by atoms with Gasteiger partial charge in [-0.25, -0.2) is 0 Å². The summed E-state index contributed by atoms with van der Waals surface area (Å²) in [4.78, 5) is 10.1. The van der Waals surface area contributed by atoms with Crippen LogP contribution in [-0.2, 0) is 6.42 Å². The summed E-state index contributed by atoms with van der Waals surface area (Å²) < 4.78 is 0. The van der Waals surface area contributed by atoms with Crippen molar-refractivity contribution in [2.24, 2.45) is 16.8 Å². The Morgan fingerprint density at radius 3 is 2.77 bits per heavy atom. The number of likely N-dealkylation sites (tertiary alicyclic amines) is 2. The summed E-state index contributed by atoms with van der Waals surface area (Å²) in [6, 6.07) is 10.8. The van der Waals surface area contributed by atoms with Gasteiger partial charge in [-0.1, -0.05) is 37.3 Å². The number of hydrogen-bond acceptors (Lipinski definition) is 2. The quantitative estimate of drug-likeness (QED) is 0.627. The number of hydrogen-bond donors (Lipinski definition) is 1. The number of aliphatic imine (C=N–C) groups is 1. The highest BCUT2D eigenvalue weighted by atomic mass is 15.3. The number of nitrogens with zero attached hydrogens (tertiary/aromatic N) is 3. The predicted molar refractivity (Wildman–Crippen MR) is 111 cm³/mol. The van der Waals surface area contributed by atoms with Crippen LogP contribution in [0.15, 0.2) is 35.3 Å². The predicted octanol–water partition coefficient (Wildman–Crippen LogP) is 3.25. The van der Waals surface area contributed by atoms with Crippen LogP contribution in [0.3, 0.4) is 0 Å². The van der Waals surface area contributed by atoms with Gasteiger partial charge in [-0.3, -0.25) is 4.99 Å². The lowest BCUT2D eigenvalue weighted by Gasteiger charge is -2.33. The molecule has 1 aromatic rings. The Morgan fingerprint density at radius 1 is 1.15 bits per heavy atom. The van der Waals surface area contributed by atoms with E-state index in [9.17, 15) is 0 Å². The molecule has 1 N–H and O–H groups in total. The summed E-state index contributed by atoms with van der Waals surface area (Å²) in [6.45, 7) is 12.4. The van der Waals surface area contributed by atoms with Crippen LogP contribution in [0.4, 0.5) is 0 Å². The standard InChI is InChI=1S/C22H36N4/c1-3-23-22(26-13-7-8-19(2)17-26)24-16-21-12-15-25(18-21)14-11-20-9-5-4-6-10-20/h4-6,9-10,19,21H,3,7-8,11-18H2,1-2H3,(H,23,24). The molecule has 0 aliphatic carbocycles. The lowest BCUT2D eigenvalue weighted by atomic mass is 10.0. The van der Waals surface area contributed by atoms with E-state index in [-0.39, 0.29) is 0 Å². The first-order valence-corrected chi connectivity index (χ1v) is 10.5. The first-order valence-electron chi connectivity index (χ1n) is 10.5. The first kappa shape index (κ1) is 19.2. The average Bonchev–Trinajstić information content (AvgIpc) is 3.12. The second-order valence-corrected chi connectivity index (χ2v) is 8.08. The fraction of sp³-hybridized carbons (Fsp3) is 0.682. The molecule has 26 heavy (non-hydrogen) atoms. The van der Waals surface area contributed by atoms with Crippen LogP contribution in [0.2, 0.25) is 0 Å². The van der Waals surface area contributed by atoms with Crippen molar-refractivity contribution < 1.29 is 0 Å². The maximum Gasteiger partial charge on any atom is 0.193 e. The zero-order chi connectivity index (χ0) is 18.2. The maximum absolute atomic E-state index is 5.01. The Bertz CT molecular complexity index is 557. The fourth-order valence-corrected chi connectivity index (χ4v) is 4.22. The molecule has 0 radical (unpaired) electrons. The third kappa shape index (κ3) is 5.73. The highest BCUT2D eigenvalue weighted by molar-refractivity contribution is 5.80. The monoisotopic (exact) mass is 356 g/mol. The van der Waals surface area contributed by atoms with Crippen molar-refractivity contribution in [2.45, 2.75) is 39.5 Å². The molecule has 0 aromatic heterocycles. The van der Waals surface area contributed by atoms with Gasteiger partial charge in [-0.2, -0.15) is 0 Å². The molecule has 2 heterocycles. The summed E-state index contributed by atoms with van der Waals surface area (Å²) >= 11 is 0. The lowest BCUT2D eigenvalue weighted by molar-refractivity contribution is 0.265. The largest absolute Gasteiger partial charge is 0.357 e. The van der Waals surface area contributed by atoms with Crippen molar-refractivity contribution in [1.29, 1.82) is 0 Å². The molecule has 0 amide bonds. The normalized spacial score (nSPS) is 24.8. The van der Waals surface area contributed by atoms with Gasteiger partial charge in [0, 0.05) is 39.3 Å². The van der Waals surface area contributed by atoms with Crippen molar-refractivity contribution >= 4 is 5.96 Å². The van der Waals surface area contributed by atoms with Crippen LogP contribution >= 0.6 is 0 Å². The number of nitrogens with one attached hydrogen (secondary N) is 1. The third-order valence-corrected chi connectivity index (χ3v) is 5.72. The van der Waals surface area contributed by atoms with Crippen molar-refractivity contribution in [3.05, 3.63) is 35.9 Å². The van der Waals surface area contributed by atoms with E-state index in [1.165, 1.54) is 44.5 Å². The van der Waals surface area contributed by atoms with E-state index in [0.29, 0.717) is 5.92 Å². The lowest BCUT2D eigenvalue weighted by Crippen LogP contribution is -2.46. The minimum atomic E-state index is 0.710. The molecule has 1 aromatic carbocycles. The number of guanidine groups is 1. The number of benzene rings is 1. The van der Waals surface area contributed by atoms with Crippen molar-refractivity contribution in [3.8, 4) is 0 Å². The highest BCUT2D eigenvalue weighted by Gasteiger charge is 2.23. The van der Waals surface area contributed by atoms with Crippen LogP contribution in [-0.4, -0.2) is 61.6 Å². The van der Waals surface area contributed by atoms with E-state index >= 15 is 0 Å². The van der Waals surface area contributed by atoms with Crippen molar-refractivity contribution in [1.82, 2.24) is 15.1 Å². The van der Waals surface area contributed by atoms with Gasteiger partial charge in [-0.05, 0) is 56.6 Å². The molecule has 3 rings (SSSR count). The topological polar surface area (TPSA) is 30.9 Å². The second-order valence-electron chi connectivity index (χ2n) is 8.08. The fourth-order valence-electron chi connectivity index (χ4n) is 4.22. The van der Waals surface area contributed by atoms with Gasteiger partial charge in [0.15, 0.2) is 5.96 Å². The molecule has 2 atom stereocenters. The maximum atomic E-state index is 5.01. The molecule has 2 aliphatic heterocycles. The third-order valence-electron chi connectivity index (χ3n) is 5.72. The molecule has 2 aliphatic rings. The number of piperidine rings is 1. The summed E-state index contributed by atoms with van der Waals surface area (Å²) in [7, 11) is 0. The molecule has 2 fully saturated rings. The zero-order valence-electron chi connectivity index (χ0n) is 16.7. The molecule has 0 bridgehead atoms. The molecule has 0 spiro atoms. The van der Waals surface area contributed by atoms with Gasteiger partial charge in [0.1, 0.15) is 0 Å². The number of rotatable bonds is 6. The summed E-state index contributed by atoms with van der Waals surface area (Å²) in [6.07, 6.45) is 5.09. The Balaban J connectivity index is 1.46. The molecule has 2 saturated heterocycles. The van der Waals surface area contributed by atoms with Gasteiger partial charge in [0.05, 0.1) is 0 Å². The molecule has 0 saturated carbocycles. The minimum absolute atomic E-state index is 0.710. The van der Waals surface area contributed by atoms with Crippen LogP contribution in [0.1, 0.15) is 38.7 Å². The molecular formula is C22H36N4. The molecule has 2 unspecified atom stereocenters. The van der Waals surface area contributed by atoms with Crippen LogP contribution < -0.4 is 5.32 Å². The van der Waals surface area contributed by atoms with E-state index in [4.69, 9.17) is 4.99 Å². The average molecular weight is 357 g/mol. The van der Waals surface area contributed by atoms with Gasteiger partial charge in [0.25, 0.3) is 0 Å². The molecular weight excluding hydrogens is 320 g/mol. The Kier molecular flexibility index (Phi) is 7.36. The Labute approximate surface area is 159 Å². The van der Waals surface area contributed by atoms with Crippen molar-refractivity contribution in [2.75, 3.05) is 45.8 Å². The van der Waals surface area contributed by atoms with E-state index in [0.717, 1.165) is 44.5 Å². The van der Waals surface area contributed by atoms with Crippen LogP contribution in [0.25, 0.3) is 0 Å². The van der Waals surface area contributed by atoms with E-state index in [2.05, 4.69) is 59.3 Å². The summed E-state index contributed by atoms with van der Waals surface area (Å²) in [5.74, 6) is 2.64. The molecule has 144 valence electrons. The van der Waals surface area contributed by atoms with E-state index < -0.39 is 0 Å². The second kappa shape index (κ2) is 9.96. The zero-order valence-corrected chi connectivity index (χ0v) is 16.7. The Morgan fingerprint density at radius 2 is 2.00 bits per heavy atom. The van der Waals surface area contributed by atoms with Gasteiger partial charge in [-0.15, -0.1) is 0 Å².